The van der Waals surface area contributed by atoms with E-state index >= 15 is 0 Å². The molecule has 0 amide bonds. The van der Waals surface area contributed by atoms with Crippen molar-refractivity contribution < 1.29 is 13.7 Å². The van der Waals surface area contributed by atoms with E-state index in [0.717, 1.165) is 0 Å². The topological polar surface area (TPSA) is 55.4 Å². The standard InChI is InChI=1S/C15H15NO3S/c1-2-19-15(17)12-8-10-13(11-9-12)16-20(18)14-6-4-3-5-7-14/h3-11,16H,2H2,1H3/t20-/m1/s1. The molecule has 104 valence electrons. The quantitative estimate of drug-likeness (QED) is 0.861. The first-order valence-electron chi connectivity index (χ1n) is 6.21. The molecule has 0 aromatic heterocycles. The molecular weight excluding hydrogens is 274 g/mol. The maximum absolute atomic E-state index is 12.0. The van der Waals surface area contributed by atoms with E-state index in [-0.39, 0.29) is 5.97 Å². The number of carbonyl (C=O) groups excluding carboxylic acids is 1. The van der Waals surface area contributed by atoms with Crippen LogP contribution in [0.4, 0.5) is 5.69 Å². The second-order valence-electron chi connectivity index (χ2n) is 3.98. The molecule has 0 fully saturated rings. The van der Waals surface area contributed by atoms with Gasteiger partial charge in [0.15, 0.2) is 0 Å². The minimum atomic E-state index is -1.32. The Kier molecular flexibility index (Phi) is 4.90. The summed E-state index contributed by atoms with van der Waals surface area (Å²) in [5.74, 6) is -0.358. The summed E-state index contributed by atoms with van der Waals surface area (Å²) in [6.45, 7) is 2.10. The number of benzene rings is 2. The van der Waals surface area contributed by atoms with Gasteiger partial charge in [0.1, 0.15) is 11.0 Å². The molecule has 2 aromatic rings. The molecule has 2 rings (SSSR count). The SMILES string of the molecule is CCOC(=O)c1ccc(N[S@](=O)c2ccccc2)cc1. The lowest BCUT2D eigenvalue weighted by Gasteiger charge is -2.07. The van der Waals surface area contributed by atoms with E-state index in [1.165, 1.54) is 0 Å². The second-order valence-corrected chi connectivity index (χ2v) is 5.19. The maximum Gasteiger partial charge on any atom is 0.338 e. The Morgan fingerprint density at radius 3 is 2.35 bits per heavy atom. The molecule has 0 aliphatic carbocycles. The highest BCUT2D eigenvalue weighted by Crippen LogP contribution is 2.14. The van der Waals surface area contributed by atoms with Crippen LogP contribution in [0.3, 0.4) is 0 Å². The summed E-state index contributed by atoms with van der Waals surface area (Å²) in [5.41, 5.74) is 1.16. The van der Waals surface area contributed by atoms with Crippen LogP contribution in [0.15, 0.2) is 59.5 Å². The summed E-state index contributed by atoms with van der Waals surface area (Å²) in [5, 5.41) is 0. The molecular formula is C15H15NO3S. The second kappa shape index (κ2) is 6.86. The Balaban J connectivity index is 2.04. The summed E-state index contributed by atoms with van der Waals surface area (Å²) >= 11 is 0. The van der Waals surface area contributed by atoms with Gasteiger partial charge >= 0.3 is 5.97 Å². The molecule has 0 aliphatic rings. The third-order valence-electron chi connectivity index (χ3n) is 2.56. The molecule has 0 unspecified atom stereocenters. The first-order valence-corrected chi connectivity index (χ1v) is 7.36. The fourth-order valence-corrected chi connectivity index (χ4v) is 2.47. The average molecular weight is 289 g/mol. The first kappa shape index (κ1) is 14.3. The highest BCUT2D eigenvalue weighted by atomic mass is 32.2. The molecule has 4 nitrogen and oxygen atoms in total. The molecule has 1 N–H and O–H groups in total. The maximum atomic E-state index is 12.0. The predicted octanol–water partition coefficient (Wildman–Crippen LogP) is 3.00. The molecule has 0 spiro atoms. The summed E-state index contributed by atoms with van der Waals surface area (Å²) in [7, 11) is -1.32. The smallest absolute Gasteiger partial charge is 0.338 e. The van der Waals surface area contributed by atoms with E-state index in [0.29, 0.717) is 22.8 Å². The highest BCUT2D eigenvalue weighted by Gasteiger charge is 2.07. The predicted molar refractivity (Wildman–Crippen MR) is 78.9 cm³/mol. The van der Waals surface area contributed by atoms with Gasteiger partial charge in [0.05, 0.1) is 17.1 Å². The summed E-state index contributed by atoms with van der Waals surface area (Å²) in [4.78, 5) is 12.2. The van der Waals surface area contributed by atoms with Gasteiger partial charge in [0.25, 0.3) is 0 Å². The minimum Gasteiger partial charge on any atom is -0.462 e. The van der Waals surface area contributed by atoms with Crippen LogP contribution in [-0.4, -0.2) is 16.8 Å². The van der Waals surface area contributed by atoms with Crippen molar-refractivity contribution in [3.05, 3.63) is 60.2 Å². The van der Waals surface area contributed by atoms with Crippen LogP contribution < -0.4 is 4.72 Å². The number of carbonyl (C=O) groups is 1. The van der Waals surface area contributed by atoms with E-state index in [4.69, 9.17) is 4.74 Å². The van der Waals surface area contributed by atoms with Crippen molar-refractivity contribution in [2.45, 2.75) is 11.8 Å². The molecule has 2 aromatic carbocycles. The normalized spacial score (nSPS) is 11.7. The third-order valence-corrected chi connectivity index (χ3v) is 3.69. The van der Waals surface area contributed by atoms with Gasteiger partial charge in [0, 0.05) is 5.69 Å². The molecule has 20 heavy (non-hydrogen) atoms. The van der Waals surface area contributed by atoms with Gasteiger partial charge in [-0.25, -0.2) is 9.00 Å². The van der Waals surface area contributed by atoms with Crippen LogP contribution in [0.1, 0.15) is 17.3 Å². The van der Waals surface area contributed by atoms with Crippen LogP contribution in [0.2, 0.25) is 0 Å². The lowest BCUT2D eigenvalue weighted by molar-refractivity contribution is 0.0526. The van der Waals surface area contributed by atoms with Crippen molar-refractivity contribution in [2.75, 3.05) is 11.3 Å². The minimum absolute atomic E-state index is 0.344. The number of rotatable bonds is 5. The molecule has 0 heterocycles. The van der Waals surface area contributed by atoms with Crippen molar-refractivity contribution >= 4 is 22.6 Å². The first-order chi connectivity index (χ1) is 9.70. The Morgan fingerprint density at radius 2 is 1.75 bits per heavy atom. The number of nitrogens with one attached hydrogen (secondary N) is 1. The molecule has 0 saturated carbocycles. The Labute approximate surface area is 120 Å². The molecule has 0 aliphatic heterocycles. The molecule has 0 radical (unpaired) electrons. The van der Waals surface area contributed by atoms with Gasteiger partial charge < -0.3 is 9.46 Å². The Morgan fingerprint density at radius 1 is 1.10 bits per heavy atom. The summed E-state index contributed by atoms with van der Waals surface area (Å²) in [6, 6.07) is 15.8. The zero-order valence-corrected chi connectivity index (χ0v) is 11.9. The Hall–Kier alpha value is -2.14. The monoisotopic (exact) mass is 289 g/mol. The molecule has 0 bridgehead atoms. The lowest BCUT2D eigenvalue weighted by Crippen LogP contribution is -2.06. The van der Waals surface area contributed by atoms with Gasteiger partial charge in [0.2, 0.25) is 0 Å². The summed E-state index contributed by atoms with van der Waals surface area (Å²) in [6.07, 6.45) is 0. The lowest BCUT2D eigenvalue weighted by atomic mass is 10.2. The number of hydrogen-bond donors (Lipinski definition) is 1. The van der Waals surface area contributed by atoms with E-state index in [2.05, 4.69) is 4.72 Å². The molecule has 0 saturated heterocycles. The van der Waals surface area contributed by atoms with E-state index < -0.39 is 11.0 Å². The van der Waals surface area contributed by atoms with Gasteiger partial charge in [-0.3, -0.25) is 0 Å². The van der Waals surface area contributed by atoms with Crippen LogP contribution in [-0.2, 0) is 15.7 Å². The van der Waals surface area contributed by atoms with E-state index in [9.17, 15) is 9.00 Å². The number of esters is 1. The van der Waals surface area contributed by atoms with Crippen molar-refractivity contribution in [2.24, 2.45) is 0 Å². The van der Waals surface area contributed by atoms with Gasteiger partial charge in [-0.2, -0.15) is 0 Å². The van der Waals surface area contributed by atoms with Crippen LogP contribution in [0.5, 0.6) is 0 Å². The highest BCUT2D eigenvalue weighted by molar-refractivity contribution is 7.86. The fraction of sp³-hybridized carbons (Fsp3) is 0.133. The van der Waals surface area contributed by atoms with Gasteiger partial charge in [-0.05, 0) is 43.3 Å². The average Bonchev–Trinajstić information content (AvgIpc) is 2.49. The van der Waals surface area contributed by atoms with Crippen LogP contribution in [0, 0.1) is 0 Å². The van der Waals surface area contributed by atoms with Gasteiger partial charge in [-0.15, -0.1) is 0 Å². The molecule has 1 atom stereocenters. The van der Waals surface area contributed by atoms with Crippen LogP contribution >= 0.6 is 0 Å². The van der Waals surface area contributed by atoms with E-state index in [1.54, 1.807) is 43.3 Å². The zero-order valence-electron chi connectivity index (χ0n) is 11.0. The van der Waals surface area contributed by atoms with Crippen molar-refractivity contribution in [1.82, 2.24) is 0 Å². The van der Waals surface area contributed by atoms with E-state index in [1.807, 2.05) is 18.2 Å². The van der Waals surface area contributed by atoms with Crippen LogP contribution in [0.25, 0.3) is 0 Å². The summed E-state index contributed by atoms with van der Waals surface area (Å²) < 4.78 is 19.8. The molecule has 5 heteroatoms. The Bertz CT molecular complexity index is 596. The number of hydrogen-bond acceptors (Lipinski definition) is 3. The largest absolute Gasteiger partial charge is 0.462 e. The third kappa shape index (κ3) is 3.68. The number of anilines is 1. The van der Waals surface area contributed by atoms with Gasteiger partial charge in [-0.1, -0.05) is 18.2 Å². The van der Waals surface area contributed by atoms with Crippen molar-refractivity contribution in [3.8, 4) is 0 Å². The fourth-order valence-electron chi connectivity index (χ4n) is 1.60. The number of ether oxygens (including phenoxy) is 1. The zero-order chi connectivity index (χ0) is 14.4. The van der Waals surface area contributed by atoms with Crippen molar-refractivity contribution in [1.29, 1.82) is 0 Å². The van der Waals surface area contributed by atoms with Crippen molar-refractivity contribution in [3.63, 3.8) is 0 Å².